The normalized spacial score (nSPS) is 15.8. The highest BCUT2D eigenvalue weighted by Gasteiger charge is 2.34. The molecule has 0 saturated heterocycles. The third kappa shape index (κ3) is 3.39. The van der Waals surface area contributed by atoms with E-state index in [0.29, 0.717) is 5.69 Å². The first-order valence-corrected chi connectivity index (χ1v) is 8.51. The van der Waals surface area contributed by atoms with Gasteiger partial charge in [0.15, 0.2) is 5.82 Å². The standard InChI is InChI=1S/C20H13F4N3O2/c1-11(28)29-19-18-25-8-9-27(18)16-7-6-12(20(22,23)24)10-14(16)17(26-19)13-4-2-3-5-15(13)21/h2-10,19H,1H3. The van der Waals surface area contributed by atoms with E-state index in [-0.39, 0.29) is 22.7 Å². The van der Waals surface area contributed by atoms with E-state index < -0.39 is 29.8 Å². The van der Waals surface area contributed by atoms with E-state index in [0.717, 1.165) is 12.1 Å². The van der Waals surface area contributed by atoms with Crippen molar-refractivity contribution in [1.29, 1.82) is 0 Å². The largest absolute Gasteiger partial charge is 0.432 e. The minimum atomic E-state index is -4.60. The summed E-state index contributed by atoms with van der Waals surface area (Å²) < 4.78 is 61.3. The lowest BCUT2D eigenvalue weighted by Gasteiger charge is -2.15. The van der Waals surface area contributed by atoms with Crippen LogP contribution < -0.4 is 0 Å². The summed E-state index contributed by atoms with van der Waals surface area (Å²) in [7, 11) is 0. The monoisotopic (exact) mass is 403 g/mol. The first-order valence-electron chi connectivity index (χ1n) is 8.51. The van der Waals surface area contributed by atoms with E-state index in [1.165, 1.54) is 48.1 Å². The van der Waals surface area contributed by atoms with Crippen LogP contribution in [0.2, 0.25) is 0 Å². The number of alkyl halides is 3. The average Bonchev–Trinajstić information content (AvgIpc) is 3.10. The van der Waals surface area contributed by atoms with Gasteiger partial charge < -0.3 is 4.74 Å². The molecule has 0 spiro atoms. The summed E-state index contributed by atoms with van der Waals surface area (Å²) in [5.74, 6) is -1.15. The van der Waals surface area contributed by atoms with E-state index in [9.17, 15) is 22.4 Å². The number of esters is 1. The number of fused-ring (bicyclic) bond motifs is 3. The number of imidazole rings is 1. The van der Waals surface area contributed by atoms with Gasteiger partial charge in [-0.3, -0.25) is 9.36 Å². The Labute approximate surface area is 162 Å². The van der Waals surface area contributed by atoms with Crippen LogP contribution >= 0.6 is 0 Å². The van der Waals surface area contributed by atoms with Crippen molar-refractivity contribution in [3.63, 3.8) is 0 Å². The molecule has 0 bridgehead atoms. The highest BCUT2D eigenvalue weighted by Crippen LogP contribution is 2.36. The smallest absolute Gasteiger partial charge is 0.416 e. The minimum Gasteiger partial charge on any atom is -0.432 e. The van der Waals surface area contributed by atoms with Crippen molar-refractivity contribution in [2.24, 2.45) is 4.99 Å². The summed E-state index contributed by atoms with van der Waals surface area (Å²) >= 11 is 0. The number of rotatable bonds is 2. The zero-order valence-corrected chi connectivity index (χ0v) is 14.9. The first-order chi connectivity index (χ1) is 13.8. The number of ether oxygens (including phenoxy) is 1. The molecular weight excluding hydrogens is 390 g/mol. The van der Waals surface area contributed by atoms with Gasteiger partial charge in [0.05, 0.1) is 17.0 Å². The molecule has 1 aromatic heterocycles. The number of carbonyl (C=O) groups excluding carboxylic acids is 1. The highest BCUT2D eigenvalue weighted by atomic mass is 19.4. The van der Waals surface area contributed by atoms with E-state index >= 15 is 0 Å². The van der Waals surface area contributed by atoms with Gasteiger partial charge in [0, 0.05) is 30.4 Å². The Balaban J connectivity index is 2.04. The van der Waals surface area contributed by atoms with Gasteiger partial charge in [-0.2, -0.15) is 13.2 Å². The molecule has 4 rings (SSSR count). The average molecular weight is 403 g/mol. The van der Waals surface area contributed by atoms with Gasteiger partial charge in [0.2, 0.25) is 0 Å². The number of carbonyl (C=O) groups is 1. The van der Waals surface area contributed by atoms with Crippen molar-refractivity contribution < 1.29 is 27.1 Å². The van der Waals surface area contributed by atoms with Crippen LogP contribution in [0.4, 0.5) is 17.6 Å². The topological polar surface area (TPSA) is 56.5 Å². The zero-order chi connectivity index (χ0) is 20.8. The molecule has 1 aliphatic rings. The Morgan fingerprint density at radius 3 is 2.59 bits per heavy atom. The molecule has 0 N–H and O–H groups in total. The minimum absolute atomic E-state index is 0.0176. The van der Waals surface area contributed by atoms with Gasteiger partial charge in [0.1, 0.15) is 5.82 Å². The maximum Gasteiger partial charge on any atom is 0.416 e. The Morgan fingerprint density at radius 1 is 1.14 bits per heavy atom. The number of aliphatic imine (C=N–C) groups is 1. The number of nitrogens with zero attached hydrogens (tertiary/aromatic N) is 3. The third-order valence-electron chi connectivity index (χ3n) is 4.38. The molecule has 0 saturated carbocycles. The van der Waals surface area contributed by atoms with Gasteiger partial charge in [0.25, 0.3) is 6.23 Å². The van der Waals surface area contributed by atoms with Crippen molar-refractivity contribution in [3.05, 3.63) is 83.2 Å². The summed E-state index contributed by atoms with van der Waals surface area (Å²) in [4.78, 5) is 20.0. The van der Waals surface area contributed by atoms with Gasteiger partial charge in [-0.05, 0) is 30.3 Å². The molecule has 2 heterocycles. The van der Waals surface area contributed by atoms with Crippen LogP contribution in [0.15, 0.2) is 59.9 Å². The number of hydrogen-bond donors (Lipinski definition) is 0. The molecule has 0 aliphatic carbocycles. The molecule has 1 unspecified atom stereocenters. The van der Waals surface area contributed by atoms with E-state index in [1.54, 1.807) is 6.07 Å². The summed E-state index contributed by atoms with van der Waals surface area (Å²) in [5.41, 5.74) is -0.647. The van der Waals surface area contributed by atoms with Crippen molar-refractivity contribution in [2.75, 3.05) is 0 Å². The highest BCUT2D eigenvalue weighted by molar-refractivity contribution is 6.15. The van der Waals surface area contributed by atoms with Crippen molar-refractivity contribution >= 4 is 11.7 Å². The molecule has 148 valence electrons. The number of aromatic nitrogens is 2. The Hall–Kier alpha value is -3.49. The third-order valence-corrected chi connectivity index (χ3v) is 4.38. The molecule has 1 aliphatic heterocycles. The van der Waals surface area contributed by atoms with Crippen LogP contribution in [-0.2, 0) is 15.7 Å². The van der Waals surface area contributed by atoms with Crippen molar-refractivity contribution in [3.8, 4) is 5.69 Å². The SMILES string of the molecule is CC(=O)OC1N=C(c2ccccc2F)c2cc(C(F)(F)F)ccc2-n2ccnc21. The molecule has 29 heavy (non-hydrogen) atoms. The summed E-state index contributed by atoms with van der Waals surface area (Å²) in [6.45, 7) is 1.17. The van der Waals surface area contributed by atoms with Gasteiger partial charge in [-0.15, -0.1) is 0 Å². The molecule has 0 fully saturated rings. The molecule has 0 radical (unpaired) electrons. The fraction of sp³-hybridized carbons (Fsp3) is 0.150. The fourth-order valence-electron chi connectivity index (χ4n) is 3.16. The number of halogens is 4. The van der Waals surface area contributed by atoms with Crippen LogP contribution in [0.25, 0.3) is 5.69 Å². The van der Waals surface area contributed by atoms with Crippen molar-refractivity contribution in [1.82, 2.24) is 9.55 Å². The van der Waals surface area contributed by atoms with E-state index in [2.05, 4.69) is 9.98 Å². The van der Waals surface area contributed by atoms with E-state index in [1.807, 2.05) is 0 Å². The Morgan fingerprint density at radius 2 is 1.90 bits per heavy atom. The quantitative estimate of drug-likeness (QED) is 0.470. The van der Waals surface area contributed by atoms with Crippen LogP contribution in [0.1, 0.15) is 35.7 Å². The van der Waals surface area contributed by atoms with Gasteiger partial charge in [-0.25, -0.2) is 14.4 Å². The van der Waals surface area contributed by atoms with Crippen LogP contribution in [0.3, 0.4) is 0 Å². The molecule has 5 nitrogen and oxygen atoms in total. The molecule has 9 heteroatoms. The van der Waals surface area contributed by atoms with Crippen LogP contribution in [0.5, 0.6) is 0 Å². The second-order valence-corrected chi connectivity index (χ2v) is 6.30. The molecule has 1 atom stereocenters. The molecule has 0 amide bonds. The Bertz CT molecular complexity index is 1130. The fourth-order valence-corrected chi connectivity index (χ4v) is 3.16. The summed E-state index contributed by atoms with van der Waals surface area (Å²) in [6, 6.07) is 8.66. The van der Waals surface area contributed by atoms with Gasteiger partial charge in [-0.1, -0.05) is 12.1 Å². The lowest BCUT2D eigenvalue weighted by atomic mass is 9.97. The molecule has 3 aromatic rings. The lowest BCUT2D eigenvalue weighted by Crippen LogP contribution is -2.13. The second kappa shape index (κ2) is 6.84. The van der Waals surface area contributed by atoms with Crippen molar-refractivity contribution in [2.45, 2.75) is 19.3 Å². The lowest BCUT2D eigenvalue weighted by molar-refractivity contribution is -0.146. The van der Waals surface area contributed by atoms with Crippen LogP contribution in [-0.4, -0.2) is 21.2 Å². The maximum absolute atomic E-state index is 14.5. The second-order valence-electron chi connectivity index (χ2n) is 6.30. The number of hydrogen-bond acceptors (Lipinski definition) is 4. The first kappa shape index (κ1) is 18.9. The maximum atomic E-state index is 14.5. The predicted octanol–water partition coefficient (Wildman–Crippen LogP) is 4.44. The predicted molar refractivity (Wildman–Crippen MR) is 95.1 cm³/mol. The molecular formula is C20H13F4N3O2. The Kier molecular flexibility index (Phi) is 4.45. The van der Waals surface area contributed by atoms with Gasteiger partial charge >= 0.3 is 12.1 Å². The van der Waals surface area contributed by atoms with E-state index in [4.69, 9.17) is 4.74 Å². The zero-order valence-electron chi connectivity index (χ0n) is 14.9. The summed E-state index contributed by atoms with van der Waals surface area (Å²) in [6.07, 6.45) is -2.93. The summed E-state index contributed by atoms with van der Waals surface area (Å²) in [5, 5.41) is 0. The number of benzene rings is 2. The van der Waals surface area contributed by atoms with Crippen LogP contribution in [0, 0.1) is 5.82 Å². The molecule has 2 aromatic carbocycles.